The van der Waals surface area contributed by atoms with Gasteiger partial charge in [-0.3, -0.25) is 4.79 Å². The molecule has 1 N–H and O–H groups in total. The van der Waals surface area contributed by atoms with Crippen LogP contribution in [0.15, 0.2) is 24.3 Å². The third kappa shape index (κ3) is 23.5. The molecule has 0 atom stereocenters. The van der Waals surface area contributed by atoms with Crippen molar-refractivity contribution in [2.45, 2.75) is 65.2 Å². The van der Waals surface area contributed by atoms with Gasteiger partial charge in [0.05, 0.1) is 26.4 Å². The van der Waals surface area contributed by atoms with E-state index in [0.717, 1.165) is 32.1 Å². The fraction of sp³-hybridized carbons (Fsp3) is 0.704. The number of ether oxygens (including phenoxy) is 6. The summed E-state index contributed by atoms with van der Waals surface area (Å²) in [6, 6.07) is 0. The first-order valence-electron chi connectivity index (χ1n) is 13.1. The van der Waals surface area contributed by atoms with Crippen LogP contribution in [0.4, 0.5) is 4.79 Å². The lowest BCUT2D eigenvalue weighted by atomic mass is 10.3. The molecule has 0 heterocycles. The first kappa shape index (κ1) is 35.1. The van der Waals surface area contributed by atoms with Gasteiger partial charge in [0.25, 0.3) is 0 Å². The zero-order valence-electron chi connectivity index (χ0n) is 23.0. The van der Waals surface area contributed by atoms with Crippen LogP contribution in [0, 0.1) is 0 Å². The van der Waals surface area contributed by atoms with Gasteiger partial charge in [-0.15, -0.1) is 0 Å². The highest BCUT2D eigenvalue weighted by atomic mass is 16.6. The third-order valence-corrected chi connectivity index (χ3v) is 4.75. The summed E-state index contributed by atoms with van der Waals surface area (Å²) in [6.07, 6.45) is 4.91. The lowest BCUT2D eigenvalue weighted by Gasteiger charge is -2.08. The van der Waals surface area contributed by atoms with Crippen molar-refractivity contribution < 1.29 is 47.6 Å². The van der Waals surface area contributed by atoms with Crippen LogP contribution < -0.4 is 5.32 Å². The average molecular weight is 544 g/mol. The van der Waals surface area contributed by atoms with Gasteiger partial charge in [0.1, 0.15) is 6.61 Å². The highest BCUT2D eigenvalue weighted by Gasteiger charge is 2.06. The topological polar surface area (TPSA) is 136 Å². The fourth-order valence-corrected chi connectivity index (χ4v) is 2.62. The molecule has 0 aromatic carbocycles. The van der Waals surface area contributed by atoms with E-state index in [1.807, 2.05) is 0 Å². The molecule has 0 aromatic rings. The van der Waals surface area contributed by atoms with Crippen molar-refractivity contribution in [2.75, 3.05) is 59.4 Å². The Hall–Kier alpha value is -2.92. The Labute approximate surface area is 226 Å². The number of unbranched alkanes of at least 4 members (excludes halogenated alkanes) is 3. The number of rotatable bonds is 24. The van der Waals surface area contributed by atoms with Gasteiger partial charge in [0.15, 0.2) is 0 Å². The number of carbonyl (C=O) groups excluding carboxylic acids is 4. The molecule has 11 nitrogen and oxygen atoms in total. The number of hydrogen-bond donors (Lipinski definition) is 1. The van der Waals surface area contributed by atoms with Crippen molar-refractivity contribution in [3.8, 4) is 0 Å². The second kappa shape index (κ2) is 24.4. The zero-order valence-corrected chi connectivity index (χ0v) is 23.0. The average Bonchev–Trinajstić information content (AvgIpc) is 2.88. The van der Waals surface area contributed by atoms with Gasteiger partial charge < -0.3 is 33.7 Å². The lowest BCUT2D eigenvalue weighted by Crippen LogP contribution is -2.29. The van der Waals surface area contributed by atoms with Gasteiger partial charge in [-0.2, -0.15) is 0 Å². The summed E-state index contributed by atoms with van der Waals surface area (Å²) in [5, 5.41) is 2.50. The Bertz CT molecular complexity index is 663. The number of carbonyl (C=O) groups is 4. The standard InChI is InChI=1S/C27H45NO10/c1-22(2)25(30)36-20-11-12-24(29)35-18-9-7-16-33-14-5-6-15-34-17-8-10-19-38-27(32)28-13-21-37-26(31)23(3)4/h1,3,5-21H2,2,4H3,(H,28,32). The fourth-order valence-electron chi connectivity index (χ4n) is 2.62. The molecule has 0 saturated carbocycles. The van der Waals surface area contributed by atoms with Gasteiger partial charge >= 0.3 is 24.0 Å². The molecule has 1 amide bonds. The van der Waals surface area contributed by atoms with Crippen molar-refractivity contribution in [1.82, 2.24) is 5.32 Å². The minimum atomic E-state index is -0.547. The van der Waals surface area contributed by atoms with Crippen LogP contribution in [0.25, 0.3) is 0 Å². The van der Waals surface area contributed by atoms with E-state index in [-0.39, 0.29) is 32.1 Å². The summed E-state index contributed by atoms with van der Waals surface area (Å²) < 4.78 is 31.1. The molecule has 0 bridgehead atoms. The molecule has 0 aliphatic heterocycles. The Morgan fingerprint density at radius 2 is 0.974 bits per heavy atom. The highest BCUT2D eigenvalue weighted by molar-refractivity contribution is 5.87. The maximum atomic E-state index is 11.6. The third-order valence-electron chi connectivity index (χ3n) is 4.75. The Morgan fingerprint density at radius 1 is 0.553 bits per heavy atom. The summed E-state index contributed by atoms with van der Waals surface area (Å²) in [4.78, 5) is 45.5. The smallest absolute Gasteiger partial charge is 0.407 e. The number of amides is 1. The number of esters is 3. The molecular formula is C27H45NO10. The van der Waals surface area contributed by atoms with Crippen molar-refractivity contribution in [2.24, 2.45) is 0 Å². The molecular weight excluding hydrogens is 498 g/mol. The van der Waals surface area contributed by atoms with Crippen LogP contribution in [-0.2, 0) is 42.8 Å². The van der Waals surface area contributed by atoms with Crippen LogP contribution in [-0.4, -0.2) is 83.4 Å². The van der Waals surface area contributed by atoms with Crippen molar-refractivity contribution >= 4 is 24.0 Å². The van der Waals surface area contributed by atoms with Crippen LogP contribution in [0.2, 0.25) is 0 Å². The summed E-state index contributed by atoms with van der Waals surface area (Å²) in [5.41, 5.74) is 0.643. The quantitative estimate of drug-likeness (QED) is 0.0831. The second-order valence-electron chi connectivity index (χ2n) is 8.57. The van der Waals surface area contributed by atoms with Gasteiger partial charge in [0.2, 0.25) is 0 Å². The van der Waals surface area contributed by atoms with Gasteiger partial charge in [-0.1, -0.05) is 13.2 Å². The molecule has 0 aromatic heterocycles. The first-order chi connectivity index (χ1) is 18.2. The Kier molecular flexibility index (Phi) is 22.5. The summed E-state index contributed by atoms with van der Waals surface area (Å²) in [6.45, 7) is 13.7. The van der Waals surface area contributed by atoms with Gasteiger partial charge in [-0.25, -0.2) is 14.4 Å². The van der Waals surface area contributed by atoms with Crippen molar-refractivity contribution in [3.05, 3.63) is 24.3 Å². The summed E-state index contributed by atoms with van der Waals surface area (Å²) >= 11 is 0. The van der Waals surface area contributed by atoms with E-state index < -0.39 is 18.0 Å². The normalized spacial score (nSPS) is 10.4. The minimum Gasteiger partial charge on any atom is -0.466 e. The summed E-state index contributed by atoms with van der Waals surface area (Å²) in [5.74, 6) is -1.24. The highest BCUT2D eigenvalue weighted by Crippen LogP contribution is 2.00. The molecule has 0 spiro atoms. The predicted molar refractivity (Wildman–Crippen MR) is 140 cm³/mol. The van der Waals surface area contributed by atoms with E-state index in [9.17, 15) is 19.2 Å². The van der Waals surface area contributed by atoms with E-state index in [0.29, 0.717) is 63.6 Å². The van der Waals surface area contributed by atoms with Crippen LogP contribution in [0.1, 0.15) is 65.2 Å². The molecule has 218 valence electrons. The van der Waals surface area contributed by atoms with E-state index in [1.54, 1.807) is 13.8 Å². The number of alkyl carbamates (subject to hydrolysis) is 1. The van der Waals surface area contributed by atoms with Crippen LogP contribution in [0.5, 0.6) is 0 Å². The van der Waals surface area contributed by atoms with E-state index in [4.69, 9.17) is 28.4 Å². The van der Waals surface area contributed by atoms with E-state index in [1.165, 1.54) is 0 Å². The Balaban J connectivity index is 3.30. The maximum Gasteiger partial charge on any atom is 0.407 e. The SMILES string of the molecule is C=C(C)C(=O)OCCCC(=O)OCCCCOCCCCOCCCCOC(=O)NCCOC(=O)C(=C)C. The second-order valence-corrected chi connectivity index (χ2v) is 8.57. The molecule has 0 rings (SSSR count). The minimum absolute atomic E-state index is 0.0664. The van der Waals surface area contributed by atoms with E-state index >= 15 is 0 Å². The predicted octanol–water partition coefficient (Wildman–Crippen LogP) is 3.65. The molecule has 38 heavy (non-hydrogen) atoms. The first-order valence-corrected chi connectivity index (χ1v) is 13.1. The van der Waals surface area contributed by atoms with E-state index in [2.05, 4.69) is 18.5 Å². The molecule has 0 aliphatic rings. The van der Waals surface area contributed by atoms with Crippen LogP contribution >= 0.6 is 0 Å². The van der Waals surface area contributed by atoms with Gasteiger partial charge in [-0.05, 0) is 58.8 Å². The largest absolute Gasteiger partial charge is 0.466 e. The number of hydrogen-bond acceptors (Lipinski definition) is 10. The van der Waals surface area contributed by atoms with Crippen molar-refractivity contribution in [1.29, 1.82) is 0 Å². The molecule has 0 aliphatic carbocycles. The lowest BCUT2D eigenvalue weighted by molar-refractivity contribution is -0.146. The van der Waals surface area contributed by atoms with Crippen molar-refractivity contribution in [3.63, 3.8) is 0 Å². The number of nitrogens with one attached hydrogen (secondary N) is 1. The maximum absolute atomic E-state index is 11.6. The van der Waals surface area contributed by atoms with Crippen LogP contribution in [0.3, 0.4) is 0 Å². The molecule has 0 fully saturated rings. The van der Waals surface area contributed by atoms with Gasteiger partial charge in [0, 0.05) is 44.0 Å². The molecule has 0 radical (unpaired) electrons. The monoisotopic (exact) mass is 543 g/mol. The molecule has 0 saturated heterocycles. The molecule has 11 heteroatoms. The molecule has 0 unspecified atom stereocenters. The summed E-state index contributed by atoms with van der Waals surface area (Å²) in [7, 11) is 0. The Morgan fingerprint density at radius 3 is 1.47 bits per heavy atom. The zero-order chi connectivity index (χ0) is 28.4.